The van der Waals surface area contributed by atoms with Gasteiger partial charge >= 0.3 is 5.97 Å². The molecular formula is C12H9NO3. The van der Waals surface area contributed by atoms with Gasteiger partial charge in [0.2, 0.25) is 0 Å². The molecule has 1 aromatic carbocycles. The summed E-state index contributed by atoms with van der Waals surface area (Å²) in [6.45, 7) is 1.96. The van der Waals surface area contributed by atoms with Gasteiger partial charge in [-0.15, -0.1) is 0 Å². The predicted molar refractivity (Wildman–Crippen MR) is 56.3 cm³/mol. The average Bonchev–Trinajstić information content (AvgIpc) is 2.27. The van der Waals surface area contributed by atoms with Gasteiger partial charge in [0.15, 0.2) is 0 Å². The van der Waals surface area contributed by atoms with Gasteiger partial charge in [0.05, 0.1) is 12.2 Å². The van der Waals surface area contributed by atoms with Crippen LogP contribution in [0, 0.1) is 23.2 Å². The summed E-state index contributed by atoms with van der Waals surface area (Å²) in [5.74, 6) is 4.01. The van der Waals surface area contributed by atoms with Crippen molar-refractivity contribution < 1.29 is 14.6 Å². The van der Waals surface area contributed by atoms with E-state index >= 15 is 0 Å². The van der Waals surface area contributed by atoms with Gasteiger partial charge in [-0.2, -0.15) is 5.26 Å². The number of carbonyl (C=O) groups is 1. The molecule has 0 atom stereocenters. The number of ether oxygens (including phenoxy) is 1. The number of phenolic OH excluding ortho intramolecular Hbond substituents is 1. The van der Waals surface area contributed by atoms with Crippen molar-refractivity contribution in [1.29, 1.82) is 5.26 Å². The van der Waals surface area contributed by atoms with Crippen LogP contribution >= 0.6 is 0 Å². The zero-order valence-corrected chi connectivity index (χ0v) is 8.65. The highest BCUT2D eigenvalue weighted by Gasteiger charge is 2.00. The summed E-state index contributed by atoms with van der Waals surface area (Å²) in [4.78, 5) is 10.9. The lowest BCUT2D eigenvalue weighted by molar-refractivity contribution is -0.136. The second kappa shape index (κ2) is 5.43. The summed E-state index contributed by atoms with van der Waals surface area (Å²) in [6.07, 6.45) is 0. The zero-order valence-electron chi connectivity index (χ0n) is 8.65. The normalized spacial score (nSPS) is 8.50. The first-order valence-corrected chi connectivity index (χ1v) is 4.59. The van der Waals surface area contributed by atoms with Gasteiger partial charge in [-0.1, -0.05) is 5.92 Å². The predicted octanol–water partition coefficient (Wildman–Crippen LogP) is 1.18. The molecule has 0 radical (unpaired) electrons. The first kappa shape index (κ1) is 11.6. The molecule has 0 saturated heterocycles. The minimum atomic E-state index is -0.619. The summed E-state index contributed by atoms with van der Waals surface area (Å²) in [5, 5.41) is 17.9. The minimum Gasteiger partial charge on any atom is -0.507 e. The third kappa shape index (κ3) is 3.04. The second-order valence-corrected chi connectivity index (χ2v) is 2.81. The molecule has 0 aliphatic carbocycles. The van der Waals surface area contributed by atoms with Crippen LogP contribution in [0.15, 0.2) is 18.2 Å². The Morgan fingerprint density at radius 1 is 1.56 bits per heavy atom. The molecule has 4 heteroatoms. The number of nitrogens with zero attached hydrogens (tertiary/aromatic N) is 1. The topological polar surface area (TPSA) is 70.3 Å². The molecule has 80 valence electrons. The molecule has 0 fully saturated rings. The summed E-state index contributed by atoms with van der Waals surface area (Å²) in [5.41, 5.74) is 0.617. The fourth-order valence-electron chi connectivity index (χ4n) is 0.994. The van der Waals surface area contributed by atoms with Crippen LogP contribution in [0.2, 0.25) is 0 Å². The Labute approximate surface area is 93.1 Å². The summed E-state index contributed by atoms with van der Waals surface area (Å²) >= 11 is 0. The van der Waals surface area contributed by atoms with Gasteiger partial charge in [-0.05, 0) is 25.1 Å². The van der Waals surface area contributed by atoms with E-state index < -0.39 is 5.97 Å². The van der Waals surface area contributed by atoms with Crippen LogP contribution in [0.1, 0.15) is 18.1 Å². The molecule has 0 heterocycles. The van der Waals surface area contributed by atoms with Gasteiger partial charge in [0.1, 0.15) is 11.8 Å². The number of aromatic hydroxyl groups is 1. The molecule has 4 nitrogen and oxygen atoms in total. The van der Waals surface area contributed by atoms with Gasteiger partial charge in [0.25, 0.3) is 0 Å². The monoisotopic (exact) mass is 215 g/mol. The maximum atomic E-state index is 10.9. The molecule has 1 rings (SSSR count). The van der Waals surface area contributed by atoms with Crippen molar-refractivity contribution in [2.75, 3.05) is 6.61 Å². The summed E-state index contributed by atoms with van der Waals surface area (Å²) in [7, 11) is 0. The first-order valence-electron chi connectivity index (χ1n) is 4.59. The van der Waals surface area contributed by atoms with Crippen molar-refractivity contribution in [1.82, 2.24) is 0 Å². The van der Waals surface area contributed by atoms with E-state index in [9.17, 15) is 9.90 Å². The highest BCUT2D eigenvalue weighted by Crippen LogP contribution is 2.16. The van der Waals surface area contributed by atoms with E-state index in [1.807, 2.05) is 6.07 Å². The molecule has 0 aromatic heterocycles. The van der Waals surface area contributed by atoms with E-state index in [-0.39, 0.29) is 17.9 Å². The molecule has 0 amide bonds. The molecule has 0 saturated carbocycles. The summed E-state index contributed by atoms with van der Waals surface area (Å²) < 4.78 is 4.61. The summed E-state index contributed by atoms with van der Waals surface area (Å²) in [6, 6.07) is 6.12. The molecule has 0 unspecified atom stereocenters. The first-order chi connectivity index (χ1) is 7.67. The smallest absolute Gasteiger partial charge is 0.384 e. The number of hydrogen-bond acceptors (Lipinski definition) is 4. The van der Waals surface area contributed by atoms with Crippen LogP contribution in [0.4, 0.5) is 0 Å². The van der Waals surface area contributed by atoms with Crippen molar-refractivity contribution in [2.45, 2.75) is 6.92 Å². The van der Waals surface area contributed by atoms with Crippen molar-refractivity contribution in [3.63, 3.8) is 0 Å². The van der Waals surface area contributed by atoms with E-state index in [0.717, 1.165) is 0 Å². The highest BCUT2D eigenvalue weighted by molar-refractivity contribution is 5.89. The Balaban J connectivity index is 2.87. The molecule has 1 aromatic rings. The van der Waals surface area contributed by atoms with Gasteiger partial charge < -0.3 is 9.84 Å². The number of esters is 1. The fourth-order valence-corrected chi connectivity index (χ4v) is 0.994. The lowest BCUT2D eigenvalue weighted by atomic mass is 10.1. The van der Waals surface area contributed by atoms with Crippen LogP contribution in [0.3, 0.4) is 0 Å². The number of nitriles is 1. The van der Waals surface area contributed by atoms with Gasteiger partial charge in [-0.25, -0.2) is 4.79 Å². The second-order valence-electron chi connectivity index (χ2n) is 2.81. The highest BCUT2D eigenvalue weighted by atomic mass is 16.5. The Kier molecular flexibility index (Phi) is 3.94. The maximum absolute atomic E-state index is 10.9. The average molecular weight is 215 g/mol. The standard InChI is InChI=1S/C12H9NO3/c1-2-16-12(15)6-4-9-3-5-10(8-13)11(14)7-9/h3,5,7,14H,2H2,1H3. The van der Waals surface area contributed by atoms with Crippen LogP contribution in [-0.2, 0) is 9.53 Å². The molecule has 0 aliphatic heterocycles. The van der Waals surface area contributed by atoms with E-state index in [2.05, 4.69) is 16.6 Å². The Hall–Kier alpha value is -2.46. The van der Waals surface area contributed by atoms with E-state index in [1.54, 1.807) is 13.0 Å². The Bertz CT molecular complexity index is 503. The van der Waals surface area contributed by atoms with Gasteiger partial charge in [0, 0.05) is 11.5 Å². The third-order valence-corrected chi connectivity index (χ3v) is 1.70. The zero-order chi connectivity index (χ0) is 12.0. The molecule has 0 spiro atoms. The van der Waals surface area contributed by atoms with E-state index in [1.165, 1.54) is 12.1 Å². The fraction of sp³-hybridized carbons (Fsp3) is 0.167. The lowest BCUT2D eigenvalue weighted by Gasteiger charge is -1.95. The number of phenols is 1. The number of benzene rings is 1. The van der Waals surface area contributed by atoms with Crippen molar-refractivity contribution in [3.8, 4) is 23.7 Å². The van der Waals surface area contributed by atoms with Gasteiger partial charge in [-0.3, -0.25) is 0 Å². The van der Waals surface area contributed by atoms with Crippen molar-refractivity contribution >= 4 is 5.97 Å². The molecular weight excluding hydrogens is 206 g/mol. The number of rotatable bonds is 1. The van der Waals surface area contributed by atoms with Crippen LogP contribution < -0.4 is 0 Å². The quantitative estimate of drug-likeness (QED) is 0.564. The Morgan fingerprint density at radius 2 is 2.31 bits per heavy atom. The lowest BCUT2D eigenvalue weighted by Crippen LogP contribution is -1.99. The largest absolute Gasteiger partial charge is 0.507 e. The number of carbonyl (C=O) groups excluding carboxylic acids is 1. The maximum Gasteiger partial charge on any atom is 0.384 e. The Morgan fingerprint density at radius 3 is 2.88 bits per heavy atom. The minimum absolute atomic E-state index is 0.154. The SMILES string of the molecule is CCOC(=O)C#Cc1ccc(C#N)c(O)c1. The van der Waals surface area contributed by atoms with E-state index in [4.69, 9.17) is 5.26 Å². The van der Waals surface area contributed by atoms with Crippen LogP contribution in [0.25, 0.3) is 0 Å². The molecule has 16 heavy (non-hydrogen) atoms. The molecule has 1 N–H and O–H groups in total. The van der Waals surface area contributed by atoms with Crippen LogP contribution in [-0.4, -0.2) is 17.7 Å². The third-order valence-electron chi connectivity index (χ3n) is 1.70. The van der Waals surface area contributed by atoms with Crippen LogP contribution in [0.5, 0.6) is 5.75 Å². The van der Waals surface area contributed by atoms with Crippen molar-refractivity contribution in [3.05, 3.63) is 29.3 Å². The van der Waals surface area contributed by atoms with Crippen molar-refractivity contribution in [2.24, 2.45) is 0 Å². The number of hydrogen-bond donors (Lipinski definition) is 1. The molecule has 0 aliphatic rings. The van der Waals surface area contributed by atoms with E-state index in [0.29, 0.717) is 5.56 Å². The molecule has 0 bridgehead atoms.